The lowest BCUT2D eigenvalue weighted by atomic mass is 9.73. The Bertz CT molecular complexity index is 653. The number of hydrogen-bond acceptors (Lipinski definition) is 4. The maximum atomic E-state index is 12.7. The van der Waals surface area contributed by atoms with E-state index in [-0.39, 0.29) is 37.1 Å². The Labute approximate surface area is 156 Å². The van der Waals surface area contributed by atoms with E-state index in [1.807, 2.05) is 0 Å². The molecule has 2 fully saturated rings. The summed E-state index contributed by atoms with van der Waals surface area (Å²) in [5, 5.41) is 10.9. The van der Waals surface area contributed by atoms with Gasteiger partial charge in [0.15, 0.2) is 5.75 Å². The third-order valence-electron chi connectivity index (χ3n) is 5.03. The molecule has 1 aromatic rings. The maximum absolute atomic E-state index is 12.7. The van der Waals surface area contributed by atoms with Gasteiger partial charge in [0.1, 0.15) is 12.7 Å². The molecule has 1 atom stereocenters. The number of benzene rings is 1. The van der Waals surface area contributed by atoms with Crippen LogP contribution in [0.5, 0.6) is 5.75 Å². The molecule has 0 bridgehead atoms. The number of halogens is 2. The molecule has 0 radical (unpaired) electrons. The second-order valence-electron chi connectivity index (χ2n) is 6.84. The highest BCUT2D eigenvalue weighted by Gasteiger charge is 2.51. The number of amides is 2. The van der Waals surface area contributed by atoms with Crippen molar-refractivity contribution in [1.82, 2.24) is 4.90 Å². The Hall–Kier alpha value is -1.30. The maximum Gasteiger partial charge on any atom is 0.235 e. The Morgan fingerprint density at radius 3 is 2.44 bits per heavy atom. The molecule has 1 saturated heterocycles. The highest BCUT2D eigenvalue weighted by atomic mass is 35.5. The SMILES string of the molecule is O=C1CC2(CCCCC2)C(=O)N1CC(O)COc1c(Cl)cccc1Cl. The summed E-state index contributed by atoms with van der Waals surface area (Å²) in [6.07, 6.45) is 3.84. The number of imide groups is 1. The number of rotatable bonds is 5. The van der Waals surface area contributed by atoms with Crippen LogP contribution in [0.4, 0.5) is 0 Å². The average molecular weight is 386 g/mol. The molecule has 5 nitrogen and oxygen atoms in total. The molecule has 1 aliphatic carbocycles. The lowest BCUT2D eigenvalue weighted by Gasteiger charge is -2.30. The summed E-state index contributed by atoms with van der Waals surface area (Å²) in [5.41, 5.74) is -0.540. The first-order valence-electron chi connectivity index (χ1n) is 8.53. The van der Waals surface area contributed by atoms with E-state index in [1.54, 1.807) is 18.2 Å². The number of hydrogen-bond donors (Lipinski definition) is 1. The minimum Gasteiger partial charge on any atom is -0.488 e. The van der Waals surface area contributed by atoms with Crippen molar-refractivity contribution < 1.29 is 19.4 Å². The lowest BCUT2D eigenvalue weighted by molar-refractivity contribution is -0.144. The van der Waals surface area contributed by atoms with Crippen molar-refractivity contribution in [3.63, 3.8) is 0 Å². The van der Waals surface area contributed by atoms with Crippen molar-refractivity contribution in [2.45, 2.75) is 44.6 Å². The van der Waals surface area contributed by atoms with Crippen molar-refractivity contribution >= 4 is 35.0 Å². The molecule has 1 aromatic carbocycles. The summed E-state index contributed by atoms with van der Waals surface area (Å²) >= 11 is 12.0. The van der Waals surface area contributed by atoms with Gasteiger partial charge in [0, 0.05) is 6.42 Å². The lowest BCUT2D eigenvalue weighted by Crippen LogP contribution is -2.42. The molecule has 3 rings (SSSR count). The minimum atomic E-state index is -1.00. The number of para-hydroxylation sites is 1. The van der Waals surface area contributed by atoms with Gasteiger partial charge in [-0.25, -0.2) is 0 Å². The number of aliphatic hydroxyl groups is 1. The monoisotopic (exact) mass is 385 g/mol. The van der Waals surface area contributed by atoms with E-state index in [0.717, 1.165) is 32.1 Å². The highest BCUT2D eigenvalue weighted by molar-refractivity contribution is 6.37. The molecule has 2 aliphatic rings. The Morgan fingerprint density at radius 2 is 1.80 bits per heavy atom. The standard InChI is InChI=1S/C18H21Cl2NO4/c19-13-5-4-6-14(20)16(13)25-11-12(22)10-21-15(23)9-18(17(21)24)7-2-1-3-8-18/h4-6,12,22H,1-3,7-11H2. The topological polar surface area (TPSA) is 66.8 Å². The zero-order valence-corrected chi connectivity index (χ0v) is 15.4. The van der Waals surface area contributed by atoms with Gasteiger partial charge in [-0.15, -0.1) is 0 Å². The molecule has 1 heterocycles. The van der Waals surface area contributed by atoms with Crippen molar-refractivity contribution in [2.24, 2.45) is 5.41 Å². The Balaban J connectivity index is 1.60. The van der Waals surface area contributed by atoms with Crippen LogP contribution in [0.3, 0.4) is 0 Å². The number of nitrogens with zero attached hydrogens (tertiary/aromatic N) is 1. The number of carbonyl (C=O) groups excluding carboxylic acids is 2. The summed E-state index contributed by atoms with van der Waals surface area (Å²) in [7, 11) is 0. The van der Waals surface area contributed by atoms with Gasteiger partial charge in [0.2, 0.25) is 11.8 Å². The molecule has 1 saturated carbocycles. The van der Waals surface area contributed by atoms with Crippen LogP contribution in [0, 0.1) is 5.41 Å². The van der Waals surface area contributed by atoms with E-state index >= 15 is 0 Å². The van der Waals surface area contributed by atoms with Crippen LogP contribution in [0.25, 0.3) is 0 Å². The fraction of sp³-hybridized carbons (Fsp3) is 0.556. The molecule has 136 valence electrons. The largest absolute Gasteiger partial charge is 0.488 e. The van der Waals surface area contributed by atoms with Crippen LogP contribution in [0.2, 0.25) is 10.0 Å². The van der Waals surface area contributed by atoms with Crippen LogP contribution >= 0.6 is 23.2 Å². The van der Waals surface area contributed by atoms with E-state index in [9.17, 15) is 14.7 Å². The van der Waals surface area contributed by atoms with Crippen molar-refractivity contribution in [2.75, 3.05) is 13.2 Å². The third-order valence-corrected chi connectivity index (χ3v) is 5.63. The van der Waals surface area contributed by atoms with Gasteiger partial charge in [-0.1, -0.05) is 48.5 Å². The van der Waals surface area contributed by atoms with Crippen LogP contribution in [0.15, 0.2) is 18.2 Å². The van der Waals surface area contributed by atoms with Gasteiger partial charge < -0.3 is 9.84 Å². The fourth-order valence-electron chi connectivity index (χ4n) is 3.73. The van der Waals surface area contributed by atoms with Gasteiger partial charge in [0.25, 0.3) is 0 Å². The van der Waals surface area contributed by atoms with Crippen LogP contribution in [-0.2, 0) is 9.59 Å². The Kier molecular flexibility index (Phi) is 5.56. The van der Waals surface area contributed by atoms with E-state index < -0.39 is 11.5 Å². The smallest absolute Gasteiger partial charge is 0.235 e. The fourth-order valence-corrected chi connectivity index (χ4v) is 4.23. The van der Waals surface area contributed by atoms with E-state index in [4.69, 9.17) is 27.9 Å². The van der Waals surface area contributed by atoms with Gasteiger partial charge in [-0.2, -0.15) is 0 Å². The molecule has 7 heteroatoms. The zero-order valence-electron chi connectivity index (χ0n) is 13.8. The highest BCUT2D eigenvalue weighted by Crippen LogP contribution is 2.45. The second-order valence-corrected chi connectivity index (χ2v) is 7.66. The average Bonchev–Trinajstić information content (AvgIpc) is 2.79. The molecule has 1 unspecified atom stereocenters. The van der Waals surface area contributed by atoms with E-state index in [1.165, 1.54) is 4.90 Å². The molecule has 25 heavy (non-hydrogen) atoms. The predicted octanol–water partition coefficient (Wildman–Crippen LogP) is 3.44. The molecule has 2 amide bonds. The van der Waals surface area contributed by atoms with E-state index in [2.05, 4.69) is 0 Å². The summed E-state index contributed by atoms with van der Waals surface area (Å²) in [5.74, 6) is -0.0681. The number of β-amino-alcohol motifs (C(OH)–C–C–N with tert-alkyl or cyclic N) is 1. The first-order chi connectivity index (χ1) is 11.9. The summed E-state index contributed by atoms with van der Waals surface area (Å²) in [4.78, 5) is 26.2. The quantitative estimate of drug-likeness (QED) is 0.788. The van der Waals surface area contributed by atoms with Crippen molar-refractivity contribution in [1.29, 1.82) is 0 Å². The molecule has 1 aliphatic heterocycles. The van der Waals surface area contributed by atoms with Gasteiger partial charge in [-0.3, -0.25) is 14.5 Å². The number of ether oxygens (including phenoxy) is 1. The molecule has 1 N–H and O–H groups in total. The molecule has 0 aromatic heterocycles. The van der Waals surface area contributed by atoms with Gasteiger partial charge >= 0.3 is 0 Å². The molecule has 1 spiro atoms. The summed E-state index contributed by atoms with van der Waals surface area (Å²) in [6.45, 7) is -0.172. The summed E-state index contributed by atoms with van der Waals surface area (Å²) < 4.78 is 5.48. The minimum absolute atomic E-state index is 0.0680. The molecular formula is C18H21Cl2NO4. The van der Waals surface area contributed by atoms with Crippen LogP contribution < -0.4 is 4.74 Å². The van der Waals surface area contributed by atoms with Crippen molar-refractivity contribution in [3.8, 4) is 5.75 Å². The third kappa shape index (κ3) is 3.78. The molecular weight excluding hydrogens is 365 g/mol. The number of likely N-dealkylation sites (tertiary alicyclic amines) is 1. The van der Waals surface area contributed by atoms with Crippen LogP contribution in [0.1, 0.15) is 38.5 Å². The number of aliphatic hydroxyl groups excluding tert-OH is 1. The first kappa shape index (κ1) is 18.5. The van der Waals surface area contributed by atoms with E-state index in [0.29, 0.717) is 10.0 Å². The Morgan fingerprint density at radius 1 is 1.16 bits per heavy atom. The summed E-state index contributed by atoms with van der Waals surface area (Å²) in [6, 6.07) is 4.96. The normalized spacial score (nSPS) is 21.0. The predicted molar refractivity (Wildman–Crippen MR) is 94.8 cm³/mol. The number of carbonyl (C=O) groups is 2. The second kappa shape index (κ2) is 7.52. The van der Waals surface area contributed by atoms with Gasteiger partial charge in [-0.05, 0) is 25.0 Å². The van der Waals surface area contributed by atoms with Crippen molar-refractivity contribution in [3.05, 3.63) is 28.2 Å². The van der Waals surface area contributed by atoms with Crippen LogP contribution in [-0.4, -0.2) is 41.1 Å². The zero-order chi connectivity index (χ0) is 18.0. The van der Waals surface area contributed by atoms with Gasteiger partial charge in [0.05, 0.1) is 22.0 Å². The first-order valence-corrected chi connectivity index (χ1v) is 9.28.